The average Bonchev–Trinajstić information content (AvgIpc) is 2.60. The lowest BCUT2D eigenvalue weighted by Crippen LogP contribution is -2.19. The normalized spacial score (nSPS) is 10.7. The Balaban J connectivity index is 1.66. The highest BCUT2D eigenvalue weighted by Gasteiger charge is 2.00. The van der Waals surface area contributed by atoms with Crippen molar-refractivity contribution in [2.75, 3.05) is 18.5 Å². The van der Waals surface area contributed by atoms with Crippen LogP contribution in [0.15, 0.2) is 48.5 Å². The van der Waals surface area contributed by atoms with Crippen LogP contribution in [0.3, 0.4) is 0 Å². The van der Waals surface area contributed by atoms with Crippen molar-refractivity contribution < 1.29 is 14.3 Å². The number of primary amides is 1. The van der Waals surface area contributed by atoms with Gasteiger partial charge in [-0.2, -0.15) is 0 Å². The van der Waals surface area contributed by atoms with Gasteiger partial charge in [-0.3, -0.25) is 0 Å². The van der Waals surface area contributed by atoms with Gasteiger partial charge in [0, 0.05) is 5.69 Å². The van der Waals surface area contributed by atoms with Gasteiger partial charge in [0.25, 0.3) is 0 Å². The molecule has 2 aromatic carbocycles. The fraction of sp³-hybridized carbons (Fsp3) is 0.381. The summed E-state index contributed by atoms with van der Waals surface area (Å²) in [5, 5.41) is 2.55. The fourth-order valence-electron chi connectivity index (χ4n) is 2.50. The van der Waals surface area contributed by atoms with Gasteiger partial charge in [-0.15, -0.1) is 0 Å². The van der Waals surface area contributed by atoms with Crippen LogP contribution in [0.1, 0.15) is 31.4 Å². The van der Waals surface area contributed by atoms with Gasteiger partial charge >= 0.3 is 6.03 Å². The van der Waals surface area contributed by atoms with Crippen molar-refractivity contribution >= 4 is 11.7 Å². The second-order valence-corrected chi connectivity index (χ2v) is 6.67. The zero-order valence-corrected chi connectivity index (χ0v) is 15.5. The van der Waals surface area contributed by atoms with Crippen LogP contribution in [-0.2, 0) is 17.8 Å². The number of benzene rings is 2. The number of urea groups is 1. The Hall–Kier alpha value is -2.53. The predicted octanol–water partition coefficient (Wildman–Crippen LogP) is 4.36. The summed E-state index contributed by atoms with van der Waals surface area (Å²) in [5.74, 6) is 1.57. The molecular formula is C21H28N2O3. The van der Waals surface area contributed by atoms with Crippen LogP contribution < -0.4 is 15.8 Å². The van der Waals surface area contributed by atoms with E-state index < -0.39 is 6.03 Å². The van der Waals surface area contributed by atoms with Gasteiger partial charge in [0.2, 0.25) is 0 Å². The monoisotopic (exact) mass is 356 g/mol. The molecule has 0 fully saturated rings. The largest absolute Gasteiger partial charge is 0.491 e. The highest BCUT2D eigenvalue weighted by atomic mass is 16.5. The molecule has 0 aromatic heterocycles. The van der Waals surface area contributed by atoms with E-state index in [1.54, 1.807) is 6.07 Å². The van der Waals surface area contributed by atoms with Crippen LogP contribution in [0.5, 0.6) is 5.75 Å². The molecule has 0 saturated carbocycles. The molecule has 0 bridgehead atoms. The van der Waals surface area contributed by atoms with E-state index in [2.05, 4.69) is 31.3 Å². The van der Waals surface area contributed by atoms with Crippen molar-refractivity contribution in [2.45, 2.75) is 33.3 Å². The van der Waals surface area contributed by atoms with Crippen LogP contribution in [0.4, 0.5) is 10.5 Å². The number of anilines is 1. The minimum Gasteiger partial charge on any atom is -0.491 e. The average molecular weight is 356 g/mol. The van der Waals surface area contributed by atoms with E-state index in [1.165, 1.54) is 12.0 Å². The number of hydrogen-bond acceptors (Lipinski definition) is 3. The lowest BCUT2D eigenvalue weighted by molar-refractivity contribution is 0.0889. The molecule has 0 aliphatic rings. The number of amides is 2. The predicted molar refractivity (Wildman–Crippen MR) is 104 cm³/mol. The van der Waals surface area contributed by atoms with Crippen LogP contribution in [0.2, 0.25) is 0 Å². The molecule has 2 rings (SSSR count). The zero-order chi connectivity index (χ0) is 18.8. The fourth-order valence-corrected chi connectivity index (χ4v) is 2.50. The molecule has 26 heavy (non-hydrogen) atoms. The second-order valence-electron chi connectivity index (χ2n) is 6.67. The summed E-state index contributed by atoms with van der Waals surface area (Å²) in [4.78, 5) is 10.9. The SMILES string of the molecule is CC(C)CCc1ccc(OCCOCc2cccc(NC(N)=O)c2)cc1. The van der Waals surface area contributed by atoms with Gasteiger partial charge in [0.15, 0.2) is 0 Å². The number of nitrogens with one attached hydrogen (secondary N) is 1. The van der Waals surface area contributed by atoms with Gasteiger partial charge < -0.3 is 20.5 Å². The van der Waals surface area contributed by atoms with E-state index in [9.17, 15) is 4.79 Å². The van der Waals surface area contributed by atoms with E-state index in [0.717, 1.165) is 23.7 Å². The number of carbonyl (C=O) groups excluding carboxylic acids is 1. The van der Waals surface area contributed by atoms with Gasteiger partial charge in [0.05, 0.1) is 13.2 Å². The number of hydrogen-bond donors (Lipinski definition) is 2. The van der Waals surface area contributed by atoms with Crippen molar-refractivity contribution in [3.05, 3.63) is 59.7 Å². The molecule has 140 valence electrons. The molecular weight excluding hydrogens is 328 g/mol. The van der Waals surface area contributed by atoms with Crippen molar-refractivity contribution in [1.82, 2.24) is 0 Å². The number of ether oxygens (including phenoxy) is 2. The maximum absolute atomic E-state index is 10.9. The van der Waals surface area contributed by atoms with E-state index in [0.29, 0.717) is 25.5 Å². The van der Waals surface area contributed by atoms with Crippen molar-refractivity contribution in [3.63, 3.8) is 0 Å². The van der Waals surface area contributed by atoms with E-state index in [1.807, 2.05) is 30.3 Å². The highest BCUT2D eigenvalue weighted by Crippen LogP contribution is 2.15. The lowest BCUT2D eigenvalue weighted by Gasteiger charge is -2.09. The summed E-state index contributed by atoms with van der Waals surface area (Å²) in [5.41, 5.74) is 8.07. The quantitative estimate of drug-likeness (QED) is 0.621. The summed E-state index contributed by atoms with van der Waals surface area (Å²) in [7, 11) is 0. The zero-order valence-electron chi connectivity index (χ0n) is 15.5. The van der Waals surface area contributed by atoms with Gasteiger partial charge in [-0.05, 0) is 54.2 Å². The van der Waals surface area contributed by atoms with Crippen LogP contribution in [0.25, 0.3) is 0 Å². The smallest absolute Gasteiger partial charge is 0.316 e. The Morgan fingerprint density at radius 1 is 1.08 bits per heavy atom. The molecule has 2 amide bonds. The summed E-state index contributed by atoms with van der Waals surface area (Å²) in [6, 6.07) is 15.1. The van der Waals surface area contributed by atoms with Gasteiger partial charge in [-0.1, -0.05) is 38.1 Å². The molecule has 0 heterocycles. The van der Waals surface area contributed by atoms with Crippen molar-refractivity contribution in [2.24, 2.45) is 11.7 Å². The van der Waals surface area contributed by atoms with Crippen LogP contribution >= 0.6 is 0 Å². The molecule has 0 aliphatic carbocycles. The van der Waals surface area contributed by atoms with Crippen molar-refractivity contribution in [1.29, 1.82) is 0 Å². The first-order chi connectivity index (χ1) is 12.5. The van der Waals surface area contributed by atoms with Crippen LogP contribution in [0, 0.1) is 5.92 Å². The molecule has 0 unspecified atom stereocenters. The maximum Gasteiger partial charge on any atom is 0.316 e. The molecule has 5 heteroatoms. The van der Waals surface area contributed by atoms with Crippen molar-refractivity contribution in [3.8, 4) is 5.75 Å². The minimum atomic E-state index is -0.577. The van der Waals surface area contributed by atoms with Gasteiger partial charge in [-0.25, -0.2) is 4.79 Å². The standard InChI is InChI=1S/C21H28N2O3/c1-16(2)6-7-17-8-10-20(11-9-17)26-13-12-25-15-18-4-3-5-19(14-18)23-21(22)24/h3-5,8-11,14,16H,6-7,12-13,15H2,1-2H3,(H3,22,23,24). The Kier molecular flexibility index (Phi) is 7.96. The number of rotatable bonds is 10. The Bertz CT molecular complexity index is 684. The summed E-state index contributed by atoms with van der Waals surface area (Å²) < 4.78 is 11.3. The minimum absolute atomic E-state index is 0.450. The van der Waals surface area contributed by atoms with Gasteiger partial charge in [0.1, 0.15) is 12.4 Å². The molecule has 0 aliphatic heterocycles. The first-order valence-corrected chi connectivity index (χ1v) is 8.98. The third-order valence-electron chi connectivity index (χ3n) is 3.89. The Labute approximate surface area is 155 Å². The van der Waals surface area contributed by atoms with E-state index in [-0.39, 0.29) is 0 Å². The molecule has 3 N–H and O–H groups in total. The second kappa shape index (κ2) is 10.5. The molecule has 5 nitrogen and oxygen atoms in total. The molecule has 0 spiro atoms. The first-order valence-electron chi connectivity index (χ1n) is 8.98. The number of nitrogens with two attached hydrogens (primary N) is 1. The number of carbonyl (C=O) groups is 1. The summed E-state index contributed by atoms with van der Waals surface area (Å²) in [6.45, 7) is 5.91. The Morgan fingerprint density at radius 3 is 2.54 bits per heavy atom. The molecule has 0 saturated heterocycles. The topological polar surface area (TPSA) is 73.6 Å². The molecule has 2 aromatic rings. The number of aryl methyl sites for hydroxylation is 1. The summed E-state index contributed by atoms with van der Waals surface area (Å²) >= 11 is 0. The third-order valence-corrected chi connectivity index (χ3v) is 3.89. The molecule has 0 atom stereocenters. The first kappa shape index (κ1) is 19.8. The summed E-state index contributed by atoms with van der Waals surface area (Å²) in [6.07, 6.45) is 2.30. The third kappa shape index (κ3) is 7.57. The molecule has 0 radical (unpaired) electrons. The van der Waals surface area contributed by atoms with Crippen LogP contribution in [-0.4, -0.2) is 19.2 Å². The lowest BCUT2D eigenvalue weighted by atomic mass is 10.0. The van der Waals surface area contributed by atoms with E-state index >= 15 is 0 Å². The highest BCUT2D eigenvalue weighted by molar-refractivity contribution is 5.87. The Morgan fingerprint density at radius 2 is 1.85 bits per heavy atom. The maximum atomic E-state index is 10.9. The van der Waals surface area contributed by atoms with E-state index in [4.69, 9.17) is 15.2 Å².